The molecule has 0 fully saturated rings. The van der Waals surface area contributed by atoms with Crippen LogP contribution in [0.5, 0.6) is 5.75 Å². The third-order valence-corrected chi connectivity index (χ3v) is 2.48. The van der Waals surface area contributed by atoms with Crippen molar-refractivity contribution >= 4 is 23.2 Å². The molecule has 0 radical (unpaired) electrons. The Morgan fingerprint density at radius 1 is 1.36 bits per heavy atom. The van der Waals surface area contributed by atoms with Gasteiger partial charge in [0.25, 0.3) is 0 Å². The largest absolute Gasteiger partial charge is 0.493 e. The fourth-order valence-electron chi connectivity index (χ4n) is 0.858. The van der Waals surface area contributed by atoms with E-state index in [4.69, 9.17) is 33.0 Å². The number of aliphatic hydroxyl groups is 1. The summed E-state index contributed by atoms with van der Waals surface area (Å²) in [5.41, 5.74) is 0. The van der Waals surface area contributed by atoms with Gasteiger partial charge in [-0.2, -0.15) is 0 Å². The van der Waals surface area contributed by atoms with E-state index < -0.39 is 0 Å². The average Bonchev–Trinajstić information content (AvgIpc) is 2.19. The number of benzene rings is 1. The molecule has 0 heterocycles. The van der Waals surface area contributed by atoms with Crippen LogP contribution < -0.4 is 4.74 Å². The second kappa shape index (κ2) is 5.44. The third kappa shape index (κ3) is 3.37. The highest BCUT2D eigenvalue weighted by molar-refractivity contribution is 6.42. The van der Waals surface area contributed by atoms with Crippen molar-refractivity contribution < 1.29 is 9.84 Å². The van der Waals surface area contributed by atoms with Crippen molar-refractivity contribution in [2.75, 3.05) is 13.2 Å². The number of halogens is 2. The predicted molar refractivity (Wildman–Crippen MR) is 58.2 cm³/mol. The monoisotopic (exact) mass is 234 g/mol. The van der Waals surface area contributed by atoms with Gasteiger partial charge in [-0.1, -0.05) is 30.1 Å². The van der Waals surface area contributed by atoms with Crippen molar-refractivity contribution in [1.82, 2.24) is 0 Å². The van der Waals surface area contributed by atoms with Gasteiger partial charge in [0, 0.05) is 18.6 Å². The summed E-state index contributed by atoms with van der Waals surface area (Å²) in [5, 5.41) is 9.77. The number of hydrogen-bond donors (Lipinski definition) is 1. The molecule has 2 nitrogen and oxygen atoms in total. The Kier molecular flexibility index (Phi) is 4.52. The Labute approximate surface area is 93.4 Å². The van der Waals surface area contributed by atoms with E-state index in [9.17, 15) is 0 Å². The van der Waals surface area contributed by atoms with Gasteiger partial charge in [-0.3, -0.25) is 0 Å². The molecule has 0 saturated heterocycles. The summed E-state index contributed by atoms with van der Waals surface area (Å²) < 4.78 is 5.39. The van der Waals surface area contributed by atoms with Crippen molar-refractivity contribution in [2.24, 2.45) is 5.92 Å². The molecule has 1 aromatic rings. The Bertz CT molecular complexity index is 302. The molecule has 0 aliphatic rings. The van der Waals surface area contributed by atoms with Crippen LogP contribution in [0.4, 0.5) is 0 Å². The summed E-state index contributed by atoms with van der Waals surface area (Å²) in [5.74, 6) is 0.782. The molecule has 0 bridgehead atoms. The lowest BCUT2D eigenvalue weighted by molar-refractivity contribution is 0.174. The molecule has 0 amide bonds. The van der Waals surface area contributed by atoms with Crippen molar-refractivity contribution in [3.05, 3.63) is 28.2 Å². The Hall–Kier alpha value is -0.440. The van der Waals surface area contributed by atoms with Gasteiger partial charge < -0.3 is 9.84 Å². The SMILES string of the molecule is CC(CO)COc1ccc(Cl)c(Cl)c1. The van der Waals surface area contributed by atoms with Crippen LogP contribution in [0.2, 0.25) is 10.0 Å². The molecule has 1 aromatic carbocycles. The summed E-state index contributed by atoms with van der Waals surface area (Å²) in [4.78, 5) is 0. The first-order valence-electron chi connectivity index (χ1n) is 4.32. The highest BCUT2D eigenvalue weighted by atomic mass is 35.5. The number of ether oxygens (including phenoxy) is 1. The van der Waals surface area contributed by atoms with Crippen molar-refractivity contribution in [3.63, 3.8) is 0 Å². The molecule has 1 unspecified atom stereocenters. The highest BCUT2D eigenvalue weighted by Gasteiger charge is 2.03. The molecular weight excluding hydrogens is 223 g/mol. The molecule has 0 aliphatic carbocycles. The summed E-state index contributed by atoms with van der Waals surface area (Å²) in [7, 11) is 0. The van der Waals surface area contributed by atoms with E-state index in [2.05, 4.69) is 0 Å². The van der Waals surface area contributed by atoms with E-state index in [1.807, 2.05) is 6.92 Å². The number of rotatable bonds is 4. The van der Waals surface area contributed by atoms with Crippen LogP contribution in [0.15, 0.2) is 18.2 Å². The fraction of sp³-hybridized carbons (Fsp3) is 0.400. The zero-order valence-electron chi connectivity index (χ0n) is 7.84. The van der Waals surface area contributed by atoms with Gasteiger partial charge in [0.2, 0.25) is 0 Å². The first-order valence-corrected chi connectivity index (χ1v) is 5.07. The fourth-order valence-corrected chi connectivity index (χ4v) is 1.15. The van der Waals surface area contributed by atoms with E-state index in [1.165, 1.54) is 0 Å². The van der Waals surface area contributed by atoms with Gasteiger partial charge in [-0.15, -0.1) is 0 Å². The van der Waals surface area contributed by atoms with E-state index >= 15 is 0 Å². The summed E-state index contributed by atoms with van der Waals surface area (Å²) in [6, 6.07) is 5.09. The lowest BCUT2D eigenvalue weighted by Crippen LogP contribution is -2.11. The minimum absolute atomic E-state index is 0.112. The van der Waals surface area contributed by atoms with Crippen LogP contribution in [0.25, 0.3) is 0 Å². The van der Waals surface area contributed by atoms with Gasteiger partial charge >= 0.3 is 0 Å². The first-order chi connectivity index (χ1) is 6.63. The molecular formula is C10H12Cl2O2. The topological polar surface area (TPSA) is 29.5 Å². The van der Waals surface area contributed by atoms with Crippen molar-refractivity contribution in [1.29, 1.82) is 0 Å². The molecule has 0 aliphatic heterocycles. The van der Waals surface area contributed by atoms with Crippen LogP contribution in [-0.2, 0) is 0 Å². The summed E-state index contributed by atoms with van der Waals surface area (Å²) in [6.07, 6.45) is 0. The quantitative estimate of drug-likeness (QED) is 0.869. The van der Waals surface area contributed by atoms with Gasteiger partial charge in [-0.25, -0.2) is 0 Å². The van der Waals surface area contributed by atoms with Crippen LogP contribution in [-0.4, -0.2) is 18.3 Å². The van der Waals surface area contributed by atoms with E-state index in [0.29, 0.717) is 22.4 Å². The second-order valence-electron chi connectivity index (χ2n) is 3.17. The Balaban J connectivity index is 2.55. The lowest BCUT2D eigenvalue weighted by Gasteiger charge is -2.10. The zero-order valence-corrected chi connectivity index (χ0v) is 9.35. The molecule has 1 N–H and O–H groups in total. The average molecular weight is 235 g/mol. The molecule has 0 spiro atoms. The van der Waals surface area contributed by atoms with Crippen molar-refractivity contribution in [3.8, 4) is 5.75 Å². The minimum Gasteiger partial charge on any atom is -0.493 e. The van der Waals surface area contributed by atoms with E-state index in [1.54, 1.807) is 18.2 Å². The maximum absolute atomic E-state index is 8.78. The molecule has 0 aromatic heterocycles. The Morgan fingerprint density at radius 3 is 2.64 bits per heavy atom. The number of hydrogen-bond acceptors (Lipinski definition) is 2. The van der Waals surface area contributed by atoms with Crippen LogP contribution >= 0.6 is 23.2 Å². The minimum atomic E-state index is 0.112. The second-order valence-corrected chi connectivity index (χ2v) is 3.99. The normalized spacial score (nSPS) is 12.6. The van der Waals surface area contributed by atoms with E-state index in [0.717, 1.165) is 0 Å². The molecule has 0 saturated carbocycles. The zero-order chi connectivity index (χ0) is 10.6. The predicted octanol–water partition coefficient (Wildman–Crippen LogP) is 3.00. The smallest absolute Gasteiger partial charge is 0.120 e. The molecule has 78 valence electrons. The highest BCUT2D eigenvalue weighted by Crippen LogP contribution is 2.26. The van der Waals surface area contributed by atoms with Crippen LogP contribution in [0, 0.1) is 5.92 Å². The summed E-state index contributed by atoms with van der Waals surface area (Å²) >= 11 is 11.5. The molecule has 1 atom stereocenters. The van der Waals surface area contributed by atoms with E-state index in [-0.39, 0.29) is 12.5 Å². The van der Waals surface area contributed by atoms with Gasteiger partial charge in [0.15, 0.2) is 0 Å². The lowest BCUT2D eigenvalue weighted by atomic mass is 10.2. The third-order valence-electron chi connectivity index (χ3n) is 1.74. The Morgan fingerprint density at radius 2 is 2.07 bits per heavy atom. The van der Waals surface area contributed by atoms with Gasteiger partial charge in [-0.05, 0) is 12.1 Å². The van der Waals surface area contributed by atoms with Crippen molar-refractivity contribution in [2.45, 2.75) is 6.92 Å². The van der Waals surface area contributed by atoms with Crippen LogP contribution in [0.3, 0.4) is 0 Å². The molecule has 4 heteroatoms. The maximum atomic E-state index is 8.78. The van der Waals surface area contributed by atoms with Crippen LogP contribution in [0.1, 0.15) is 6.92 Å². The molecule has 14 heavy (non-hydrogen) atoms. The van der Waals surface area contributed by atoms with Gasteiger partial charge in [0.1, 0.15) is 5.75 Å². The standard InChI is InChI=1S/C10H12Cl2O2/c1-7(5-13)6-14-8-2-3-9(11)10(12)4-8/h2-4,7,13H,5-6H2,1H3. The number of aliphatic hydroxyl groups excluding tert-OH is 1. The maximum Gasteiger partial charge on any atom is 0.120 e. The summed E-state index contributed by atoms with van der Waals surface area (Å²) in [6.45, 7) is 2.48. The first kappa shape index (κ1) is 11.6. The van der Waals surface area contributed by atoms with Gasteiger partial charge in [0.05, 0.1) is 16.7 Å². The molecule has 1 rings (SSSR count).